The van der Waals surface area contributed by atoms with Gasteiger partial charge in [0.05, 0.1) is 18.6 Å². The molecule has 2 rings (SSSR count). The third kappa shape index (κ3) is 1.83. The van der Waals surface area contributed by atoms with E-state index >= 15 is 0 Å². The molecule has 0 aliphatic heterocycles. The summed E-state index contributed by atoms with van der Waals surface area (Å²) in [7, 11) is 1.68. The van der Waals surface area contributed by atoms with Gasteiger partial charge in [0, 0.05) is 0 Å². The zero-order valence-corrected chi connectivity index (χ0v) is 8.99. The fourth-order valence-corrected chi connectivity index (χ4v) is 2.15. The van der Waals surface area contributed by atoms with Gasteiger partial charge in [-0.1, -0.05) is 24.6 Å². The van der Waals surface area contributed by atoms with Crippen LogP contribution in [0.3, 0.4) is 0 Å². The summed E-state index contributed by atoms with van der Waals surface area (Å²) < 4.78 is 5.29. The second-order valence-electron chi connectivity index (χ2n) is 4.23. The van der Waals surface area contributed by atoms with Gasteiger partial charge in [-0.2, -0.15) is 5.26 Å². The molecule has 0 spiro atoms. The highest BCUT2D eigenvalue weighted by atomic mass is 16.5. The standard InChI is InChI=1S/C13H15NO/c1-15-12-6-3-2-5-11(12)9-13(10-14)7-4-8-13/h2-3,5-6H,4,7-9H2,1H3. The molecular weight excluding hydrogens is 186 g/mol. The number of rotatable bonds is 3. The molecular formula is C13H15NO. The first-order valence-corrected chi connectivity index (χ1v) is 5.33. The van der Waals surface area contributed by atoms with E-state index in [1.54, 1.807) is 7.11 Å². The van der Waals surface area contributed by atoms with Gasteiger partial charge in [0.15, 0.2) is 0 Å². The molecule has 1 aliphatic rings. The van der Waals surface area contributed by atoms with Crippen molar-refractivity contribution < 1.29 is 4.74 Å². The van der Waals surface area contributed by atoms with Gasteiger partial charge in [0.25, 0.3) is 0 Å². The predicted octanol–water partition coefficient (Wildman–Crippen LogP) is 2.93. The van der Waals surface area contributed by atoms with E-state index in [0.717, 1.165) is 30.6 Å². The summed E-state index contributed by atoms with van der Waals surface area (Å²) in [6, 6.07) is 10.4. The Kier molecular flexibility index (Phi) is 2.64. The molecule has 15 heavy (non-hydrogen) atoms. The second kappa shape index (κ2) is 3.94. The molecule has 1 saturated carbocycles. The lowest BCUT2D eigenvalue weighted by Crippen LogP contribution is -2.30. The van der Waals surface area contributed by atoms with Crippen LogP contribution >= 0.6 is 0 Å². The Morgan fingerprint density at radius 1 is 1.40 bits per heavy atom. The summed E-state index contributed by atoms with van der Waals surface area (Å²) in [5.74, 6) is 0.902. The van der Waals surface area contributed by atoms with E-state index in [2.05, 4.69) is 12.1 Å². The molecule has 0 saturated heterocycles. The number of hydrogen-bond donors (Lipinski definition) is 0. The smallest absolute Gasteiger partial charge is 0.122 e. The minimum absolute atomic E-state index is 0.116. The highest BCUT2D eigenvalue weighted by molar-refractivity contribution is 5.35. The van der Waals surface area contributed by atoms with Crippen LogP contribution in [-0.4, -0.2) is 7.11 Å². The molecule has 1 fully saturated rings. The lowest BCUT2D eigenvalue weighted by atomic mass is 9.66. The number of nitriles is 1. The normalized spacial score (nSPS) is 17.6. The predicted molar refractivity (Wildman–Crippen MR) is 58.6 cm³/mol. The van der Waals surface area contributed by atoms with Gasteiger partial charge in [0.1, 0.15) is 5.75 Å². The van der Waals surface area contributed by atoms with Gasteiger partial charge >= 0.3 is 0 Å². The van der Waals surface area contributed by atoms with Crippen LogP contribution in [0.4, 0.5) is 0 Å². The van der Waals surface area contributed by atoms with E-state index < -0.39 is 0 Å². The lowest BCUT2D eigenvalue weighted by Gasteiger charge is -2.35. The number of hydrogen-bond acceptors (Lipinski definition) is 2. The van der Waals surface area contributed by atoms with Crippen molar-refractivity contribution >= 4 is 0 Å². The maximum Gasteiger partial charge on any atom is 0.122 e. The quantitative estimate of drug-likeness (QED) is 0.753. The lowest BCUT2D eigenvalue weighted by molar-refractivity contribution is 0.212. The highest BCUT2D eigenvalue weighted by Crippen LogP contribution is 2.44. The minimum Gasteiger partial charge on any atom is -0.496 e. The van der Waals surface area contributed by atoms with Crippen LogP contribution in [0, 0.1) is 16.7 Å². The van der Waals surface area contributed by atoms with Crippen molar-refractivity contribution in [3.8, 4) is 11.8 Å². The highest BCUT2D eigenvalue weighted by Gasteiger charge is 2.37. The Morgan fingerprint density at radius 2 is 2.13 bits per heavy atom. The van der Waals surface area contributed by atoms with E-state index in [9.17, 15) is 5.26 Å². The Hall–Kier alpha value is -1.49. The van der Waals surface area contributed by atoms with Crippen LogP contribution in [-0.2, 0) is 6.42 Å². The topological polar surface area (TPSA) is 33.0 Å². The Morgan fingerprint density at radius 3 is 2.67 bits per heavy atom. The molecule has 0 unspecified atom stereocenters. The van der Waals surface area contributed by atoms with Gasteiger partial charge in [-0.15, -0.1) is 0 Å². The van der Waals surface area contributed by atoms with Crippen molar-refractivity contribution in [3.63, 3.8) is 0 Å². The Bertz CT molecular complexity index is 388. The van der Waals surface area contributed by atoms with E-state index in [0.29, 0.717) is 0 Å². The van der Waals surface area contributed by atoms with E-state index in [1.807, 2.05) is 18.2 Å². The van der Waals surface area contributed by atoms with Crippen LogP contribution < -0.4 is 4.74 Å². The van der Waals surface area contributed by atoms with Crippen LogP contribution in [0.25, 0.3) is 0 Å². The summed E-state index contributed by atoms with van der Waals surface area (Å²) in [6.45, 7) is 0. The number of ether oxygens (including phenoxy) is 1. The van der Waals surface area contributed by atoms with Crippen LogP contribution in [0.5, 0.6) is 5.75 Å². The molecule has 78 valence electrons. The SMILES string of the molecule is COc1ccccc1CC1(C#N)CCC1. The first kappa shape index (κ1) is 10.0. The number of benzene rings is 1. The average Bonchev–Trinajstić information content (AvgIpc) is 2.24. The van der Waals surface area contributed by atoms with E-state index in [-0.39, 0.29) is 5.41 Å². The van der Waals surface area contributed by atoms with Crippen molar-refractivity contribution in [2.75, 3.05) is 7.11 Å². The molecule has 0 heterocycles. The van der Waals surface area contributed by atoms with Crippen molar-refractivity contribution in [3.05, 3.63) is 29.8 Å². The first-order valence-electron chi connectivity index (χ1n) is 5.33. The summed E-state index contributed by atoms with van der Waals surface area (Å²) in [6.07, 6.45) is 4.07. The Labute approximate surface area is 90.5 Å². The van der Waals surface area contributed by atoms with Gasteiger partial charge in [-0.05, 0) is 30.9 Å². The first-order chi connectivity index (χ1) is 7.29. The largest absolute Gasteiger partial charge is 0.496 e. The summed E-state index contributed by atoms with van der Waals surface area (Å²) in [5, 5.41) is 9.17. The summed E-state index contributed by atoms with van der Waals surface area (Å²) in [5.41, 5.74) is 1.04. The molecule has 0 radical (unpaired) electrons. The molecule has 0 N–H and O–H groups in total. The third-order valence-electron chi connectivity index (χ3n) is 3.27. The van der Waals surface area contributed by atoms with Crippen molar-refractivity contribution in [1.29, 1.82) is 5.26 Å². The van der Waals surface area contributed by atoms with Crippen molar-refractivity contribution in [2.45, 2.75) is 25.7 Å². The number of para-hydroxylation sites is 1. The molecule has 1 aromatic rings. The monoisotopic (exact) mass is 201 g/mol. The Balaban J connectivity index is 2.20. The van der Waals surface area contributed by atoms with E-state index in [4.69, 9.17) is 4.74 Å². The van der Waals surface area contributed by atoms with Crippen molar-refractivity contribution in [2.24, 2.45) is 5.41 Å². The molecule has 1 aliphatic carbocycles. The summed E-state index contributed by atoms with van der Waals surface area (Å²) >= 11 is 0. The van der Waals surface area contributed by atoms with E-state index in [1.165, 1.54) is 6.42 Å². The molecule has 0 bridgehead atoms. The fraction of sp³-hybridized carbons (Fsp3) is 0.462. The van der Waals surface area contributed by atoms with Gasteiger partial charge in [-0.25, -0.2) is 0 Å². The molecule has 2 nitrogen and oxygen atoms in total. The molecule has 0 atom stereocenters. The fourth-order valence-electron chi connectivity index (χ4n) is 2.15. The maximum atomic E-state index is 9.17. The third-order valence-corrected chi connectivity index (χ3v) is 3.27. The molecule has 1 aromatic carbocycles. The number of nitrogens with zero attached hydrogens (tertiary/aromatic N) is 1. The molecule has 0 amide bonds. The van der Waals surface area contributed by atoms with Crippen LogP contribution in [0.15, 0.2) is 24.3 Å². The number of methoxy groups -OCH3 is 1. The van der Waals surface area contributed by atoms with Crippen LogP contribution in [0.1, 0.15) is 24.8 Å². The molecule has 0 aromatic heterocycles. The maximum absolute atomic E-state index is 9.17. The second-order valence-corrected chi connectivity index (χ2v) is 4.23. The van der Waals surface area contributed by atoms with Gasteiger partial charge in [0.2, 0.25) is 0 Å². The molecule has 2 heteroatoms. The summed E-state index contributed by atoms with van der Waals surface area (Å²) in [4.78, 5) is 0. The van der Waals surface area contributed by atoms with Crippen molar-refractivity contribution in [1.82, 2.24) is 0 Å². The van der Waals surface area contributed by atoms with Crippen LogP contribution in [0.2, 0.25) is 0 Å². The average molecular weight is 201 g/mol. The van der Waals surface area contributed by atoms with Gasteiger partial charge in [-0.3, -0.25) is 0 Å². The zero-order chi connectivity index (χ0) is 10.7. The zero-order valence-electron chi connectivity index (χ0n) is 8.99. The minimum atomic E-state index is -0.116. The van der Waals surface area contributed by atoms with Gasteiger partial charge < -0.3 is 4.74 Å².